The molecule has 0 aromatic carbocycles. The van der Waals surface area contributed by atoms with E-state index in [4.69, 9.17) is 10.2 Å². The summed E-state index contributed by atoms with van der Waals surface area (Å²) < 4.78 is 0. The van der Waals surface area contributed by atoms with E-state index >= 15 is 0 Å². The molecule has 0 aliphatic heterocycles. The fourth-order valence-corrected chi connectivity index (χ4v) is 2.77. The van der Waals surface area contributed by atoms with Gasteiger partial charge in [-0.3, -0.25) is 47.9 Å². The summed E-state index contributed by atoms with van der Waals surface area (Å²) in [5.41, 5.74) is 0. The van der Waals surface area contributed by atoms with Crippen molar-refractivity contribution in [2.24, 2.45) is 0 Å². The van der Waals surface area contributed by atoms with Crippen molar-refractivity contribution in [1.29, 1.82) is 0 Å². The Kier molecular flexibility index (Phi) is 17.2. The van der Waals surface area contributed by atoms with Crippen molar-refractivity contribution in [2.75, 3.05) is 65.4 Å². The number of nitrogens with one attached hydrogen (secondary N) is 6. The maximum Gasteiger partial charge on any atom is 0.323 e. The zero-order valence-corrected chi connectivity index (χ0v) is 22.9. The molecule has 0 radical (unpaired) electrons. The minimum atomic E-state index is -1.47. The highest BCUT2D eigenvalue weighted by molar-refractivity contribution is 5.93. The number of amides is 8. The van der Waals surface area contributed by atoms with Gasteiger partial charge in [0, 0.05) is 26.9 Å². The Balaban J connectivity index is 4.77. The molecule has 8 N–H and O–H groups in total. The van der Waals surface area contributed by atoms with Crippen molar-refractivity contribution in [3.8, 4) is 0 Å². The molecule has 0 spiro atoms. The molecular weight excluding hydrogens is 568 g/mol. The van der Waals surface area contributed by atoms with Gasteiger partial charge in [0.1, 0.15) is 26.2 Å². The summed E-state index contributed by atoms with van der Waals surface area (Å²) >= 11 is 0. The zero-order valence-electron chi connectivity index (χ0n) is 22.9. The second-order valence-corrected chi connectivity index (χ2v) is 8.36. The van der Waals surface area contributed by atoms with E-state index in [0.717, 1.165) is 0 Å². The van der Waals surface area contributed by atoms with E-state index in [0.29, 0.717) is 9.80 Å². The first-order valence-electron chi connectivity index (χ1n) is 12.2. The van der Waals surface area contributed by atoms with Crippen molar-refractivity contribution in [1.82, 2.24) is 41.7 Å². The van der Waals surface area contributed by atoms with Crippen LogP contribution in [0.5, 0.6) is 0 Å². The van der Waals surface area contributed by atoms with E-state index in [-0.39, 0.29) is 19.0 Å². The predicted octanol–water partition coefficient (Wildman–Crippen LogP) is -6.45. The number of hydrogen-bond donors (Lipinski definition) is 8. The monoisotopic (exact) mass is 602 g/mol. The molecule has 234 valence electrons. The Morgan fingerprint density at radius 3 is 1.21 bits per heavy atom. The lowest BCUT2D eigenvalue weighted by Gasteiger charge is -2.21. The van der Waals surface area contributed by atoms with Gasteiger partial charge in [0.2, 0.25) is 47.3 Å². The molecule has 0 atom stereocenters. The van der Waals surface area contributed by atoms with Crippen LogP contribution in [0.3, 0.4) is 0 Å². The van der Waals surface area contributed by atoms with Gasteiger partial charge in [-0.25, -0.2) is 0 Å². The fraction of sp³-hybridized carbons (Fsp3) is 0.545. The molecule has 20 heteroatoms. The lowest BCUT2D eigenvalue weighted by molar-refractivity contribution is -0.146. The van der Waals surface area contributed by atoms with Crippen LogP contribution < -0.4 is 31.9 Å². The number of hydrogen-bond acceptors (Lipinski definition) is 10. The van der Waals surface area contributed by atoms with Gasteiger partial charge in [-0.15, -0.1) is 0 Å². The molecule has 0 aromatic rings. The number of carboxylic acids is 2. The van der Waals surface area contributed by atoms with Crippen molar-refractivity contribution in [2.45, 2.75) is 13.8 Å². The molecule has 0 fully saturated rings. The summed E-state index contributed by atoms with van der Waals surface area (Å²) in [5, 5.41) is 31.4. The Hall–Kier alpha value is -5.30. The number of nitrogens with zero attached hydrogens (tertiary/aromatic N) is 2. The Bertz CT molecular complexity index is 1060. The molecule has 0 saturated heterocycles. The molecule has 20 nitrogen and oxygen atoms in total. The van der Waals surface area contributed by atoms with E-state index in [1.807, 2.05) is 0 Å². The molecule has 0 aromatic heterocycles. The standard InChI is InChI=1S/C22H34N8O12/c1-13(31)23-3-4-24-17(35)9-29(11-21(39)40)19(37)8-28-16(34)6-26-18(36)10-30(12-22(41)42)20(38)7-27-15(33)5-25-14(2)32/h3-12H2,1-2H3,(H,23,31)(H,24,35)(H,25,32)(H,26,36)(H,27,33)(H,28,34)(H,39,40)(H,41,42). The summed E-state index contributed by atoms with van der Waals surface area (Å²) in [5.74, 6) is -8.94. The quantitative estimate of drug-likeness (QED) is 0.0641. The Morgan fingerprint density at radius 1 is 0.452 bits per heavy atom. The van der Waals surface area contributed by atoms with Crippen LogP contribution in [-0.4, -0.2) is 145 Å². The second kappa shape index (κ2) is 19.7. The van der Waals surface area contributed by atoms with Gasteiger partial charge in [0.05, 0.1) is 26.2 Å². The minimum absolute atomic E-state index is 0.0205. The first kappa shape index (κ1) is 36.7. The summed E-state index contributed by atoms with van der Waals surface area (Å²) in [6.07, 6.45) is 0. The largest absolute Gasteiger partial charge is 0.480 e. The lowest BCUT2D eigenvalue weighted by atomic mass is 10.3. The molecule has 0 aliphatic rings. The Labute approximate surface area is 238 Å². The predicted molar refractivity (Wildman–Crippen MR) is 138 cm³/mol. The molecule has 0 heterocycles. The average Bonchev–Trinajstić information content (AvgIpc) is 2.88. The molecule has 0 aliphatic carbocycles. The van der Waals surface area contributed by atoms with Gasteiger partial charge >= 0.3 is 11.9 Å². The molecule has 0 bridgehead atoms. The van der Waals surface area contributed by atoms with Crippen LogP contribution in [0.4, 0.5) is 0 Å². The van der Waals surface area contributed by atoms with Gasteiger partial charge in [-0.05, 0) is 0 Å². The highest BCUT2D eigenvalue weighted by Crippen LogP contribution is 1.92. The third-order valence-electron chi connectivity index (χ3n) is 4.67. The summed E-state index contributed by atoms with van der Waals surface area (Å²) in [6.45, 7) is -3.21. The van der Waals surface area contributed by atoms with Gasteiger partial charge in [-0.1, -0.05) is 0 Å². The van der Waals surface area contributed by atoms with E-state index < -0.39 is 106 Å². The zero-order chi connectivity index (χ0) is 32.2. The topological polar surface area (TPSA) is 290 Å². The number of rotatable bonds is 19. The van der Waals surface area contributed by atoms with Crippen LogP contribution in [0, 0.1) is 0 Å². The van der Waals surface area contributed by atoms with E-state index in [9.17, 15) is 47.9 Å². The second-order valence-electron chi connectivity index (χ2n) is 8.36. The first-order valence-corrected chi connectivity index (χ1v) is 12.2. The number of aliphatic carboxylic acids is 2. The first-order chi connectivity index (χ1) is 19.6. The van der Waals surface area contributed by atoms with Gasteiger partial charge in [0.15, 0.2) is 0 Å². The van der Waals surface area contributed by atoms with Crippen LogP contribution >= 0.6 is 0 Å². The normalized spacial score (nSPS) is 9.86. The average molecular weight is 603 g/mol. The van der Waals surface area contributed by atoms with Crippen LogP contribution in [-0.2, 0) is 47.9 Å². The molecule has 42 heavy (non-hydrogen) atoms. The van der Waals surface area contributed by atoms with Crippen molar-refractivity contribution in [3.63, 3.8) is 0 Å². The Morgan fingerprint density at radius 2 is 0.810 bits per heavy atom. The van der Waals surface area contributed by atoms with E-state index in [1.165, 1.54) is 13.8 Å². The van der Waals surface area contributed by atoms with E-state index in [2.05, 4.69) is 31.9 Å². The summed E-state index contributed by atoms with van der Waals surface area (Å²) in [7, 11) is 0. The summed E-state index contributed by atoms with van der Waals surface area (Å²) in [6, 6.07) is 0. The van der Waals surface area contributed by atoms with Crippen molar-refractivity contribution < 1.29 is 58.2 Å². The van der Waals surface area contributed by atoms with Crippen LogP contribution in [0.15, 0.2) is 0 Å². The van der Waals surface area contributed by atoms with Gasteiger partial charge in [-0.2, -0.15) is 0 Å². The highest BCUT2D eigenvalue weighted by atomic mass is 16.4. The molecular formula is C22H34N8O12. The third-order valence-corrected chi connectivity index (χ3v) is 4.67. The third kappa shape index (κ3) is 18.9. The van der Waals surface area contributed by atoms with Crippen LogP contribution in [0.2, 0.25) is 0 Å². The number of carbonyl (C=O) groups is 10. The number of carbonyl (C=O) groups excluding carboxylic acids is 8. The van der Waals surface area contributed by atoms with Crippen molar-refractivity contribution >= 4 is 59.2 Å². The number of carboxylic acid groups (broad SMARTS) is 2. The maximum absolute atomic E-state index is 12.4. The summed E-state index contributed by atoms with van der Waals surface area (Å²) in [4.78, 5) is 117. The maximum atomic E-state index is 12.4. The fourth-order valence-electron chi connectivity index (χ4n) is 2.77. The highest BCUT2D eigenvalue weighted by Gasteiger charge is 2.22. The molecule has 8 amide bonds. The van der Waals surface area contributed by atoms with E-state index in [1.54, 1.807) is 0 Å². The minimum Gasteiger partial charge on any atom is -0.480 e. The van der Waals surface area contributed by atoms with Crippen molar-refractivity contribution in [3.05, 3.63) is 0 Å². The van der Waals surface area contributed by atoms with Gasteiger partial charge in [0.25, 0.3) is 0 Å². The van der Waals surface area contributed by atoms with Gasteiger partial charge < -0.3 is 51.9 Å². The molecule has 0 rings (SSSR count). The molecule has 0 saturated carbocycles. The lowest BCUT2D eigenvalue weighted by Crippen LogP contribution is -2.50. The van der Waals surface area contributed by atoms with Crippen LogP contribution in [0.1, 0.15) is 13.8 Å². The SMILES string of the molecule is CC(=O)NCCNC(=O)CN(CC(=O)O)C(=O)CNC(=O)CNC(=O)CN(CC(=O)O)C(=O)CNC(=O)CNC(C)=O. The van der Waals surface area contributed by atoms with Crippen LogP contribution in [0.25, 0.3) is 0 Å². The smallest absolute Gasteiger partial charge is 0.323 e. The molecule has 0 unspecified atom stereocenters.